The molecule has 1 aromatic rings. The third-order valence-electron chi connectivity index (χ3n) is 2.09. The molecule has 0 aliphatic heterocycles. The van der Waals surface area contributed by atoms with Gasteiger partial charge in [0.15, 0.2) is 11.6 Å². The summed E-state index contributed by atoms with van der Waals surface area (Å²) in [6.45, 7) is 0.175. The Morgan fingerprint density at radius 1 is 1.47 bits per heavy atom. The van der Waals surface area contributed by atoms with Crippen molar-refractivity contribution in [2.45, 2.75) is 12.5 Å². The van der Waals surface area contributed by atoms with Crippen LogP contribution in [0.3, 0.4) is 0 Å². The first-order valence-electron chi connectivity index (χ1n) is 4.51. The van der Waals surface area contributed by atoms with Crippen molar-refractivity contribution in [3.63, 3.8) is 0 Å². The van der Waals surface area contributed by atoms with E-state index in [0.29, 0.717) is 6.41 Å². The molecule has 0 heterocycles. The summed E-state index contributed by atoms with van der Waals surface area (Å²) >= 11 is 0. The predicted molar refractivity (Wildman–Crippen MR) is 52.1 cm³/mol. The standard InChI is InChI=1S/C10H12F2N2O/c11-9-3-1-2-7(10(9)12)4-8(5-13)14-6-15/h1-3,6,8H,4-5,13H2,(H,14,15). The number of nitrogens with two attached hydrogens (primary N) is 1. The molecular formula is C10H12F2N2O. The van der Waals surface area contributed by atoms with Crippen LogP contribution in [0.15, 0.2) is 18.2 Å². The van der Waals surface area contributed by atoms with E-state index >= 15 is 0 Å². The van der Waals surface area contributed by atoms with E-state index in [2.05, 4.69) is 5.32 Å². The fourth-order valence-electron chi connectivity index (χ4n) is 1.28. The van der Waals surface area contributed by atoms with Gasteiger partial charge in [-0.05, 0) is 18.1 Å². The first kappa shape index (κ1) is 11.6. The van der Waals surface area contributed by atoms with Gasteiger partial charge in [-0.15, -0.1) is 0 Å². The zero-order chi connectivity index (χ0) is 11.3. The fraction of sp³-hybridized carbons (Fsp3) is 0.300. The number of amides is 1. The Bertz CT molecular complexity index is 344. The van der Waals surface area contributed by atoms with E-state index < -0.39 is 11.6 Å². The molecule has 0 aliphatic carbocycles. The highest BCUT2D eigenvalue weighted by atomic mass is 19.2. The molecule has 1 atom stereocenters. The SMILES string of the molecule is NCC(Cc1cccc(F)c1F)NC=O. The van der Waals surface area contributed by atoms with E-state index in [1.54, 1.807) is 0 Å². The second kappa shape index (κ2) is 5.41. The highest BCUT2D eigenvalue weighted by molar-refractivity contribution is 5.46. The zero-order valence-electron chi connectivity index (χ0n) is 8.04. The molecule has 3 nitrogen and oxygen atoms in total. The number of rotatable bonds is 5. The topological polar surface area (TPSA) is 55.1 Å². The van der Waals surface area contributed by atoms with Gasteiger partial charge in [0.25, 0.3) is 0 Å². The third-order valence-corrected chi connectivity index (χ3v) is 2.09. The van der Waals surface area contributed by atoms with Crippen LogP contribution in [0.25, 0.3) is 0 Å². The monoisotopic (exact) mass is 214 g/mol. The largest absolute Gasteiger partial charge is 0.354 e. The summed E-state index contributed by atoms with van der Waals surface area (Å²) in [5.41, 5.74) is 5.57. The Morgan fingerprint density at radius 2 is 2.20 bits per heavy atom. The van der Waals surface area contributed by atoms with Crippen LogP contribution in [0.5, 0.6) is 0 Å². The Morgan fingerprint density at radius 3 is 2.80 bits per heavy atom. The number of hydrogen-bond donors (Lipinski definition) is 2. The molecular weight excluding hydrogens is 202 g/mol. The van der Waals surface area contributed by atoms with Crippen molar-refractivity contribution >= 4 is 6.41 Å². The molecule has 82 valence electrons. The molecule has 0 saturated heterocycles. The van der Waals surface area contributed by atoms with Gasteiger partial charge in [0.1, 0.15) is 0 Å². The molecule has 1 rings (SSSR count). The van der Waals surface area contributed by atoms with Crippen LogP contribution < -0.4 is 11.1 Å². The minimum Gasteiger partial charge on any atom is -0.354 e. The zero-order valence-corrected chi connectivity index (χ0v) is 8.04. The number of carbonyl (C=O) groups is 1. The molecule has 0 fully saturated rings. The molecule has 1 unspecified atom stereocenters. The van der Waals surface area contributed by atoms with Crippen molar-refractivity contribution in [1.29, 1.82) is 0 Å². The van der Waals surface area contributed by atoms with Gasteiger partial charge in [-0.1, -0.05) is 12.1 Å². The summed E-state index contributed by atoms with van der Waals surface area (Å²) in [4.78, 5) is 10.2. The van der Waals surface area contributed by atoms with Crippen LogP contribution in [0, 0.1) is 11.6 Å². The summed E-state index contributed by atoms with van der Waals surface area (Å²) in [5, 5.41) is 2.43. The van der Waals surface area contributed by atoms with Crippen LogP contribution in [-0.4, -0.2) is 19.0 Å². The third kappa shape index (κ3) is 2.99. The predicted octanol–water partition coefficient (Wildman–Crippen LogP) is 0.581. The Labute approximate surface area is 86.3 Å². The molecule has 1 amide bonds. The van der Waals surface area contributed by atoms with E-state index in [4.69, 9.17) is 5.73 Å². The first-order valence-corrected chi connectivity index (χ1v) is 4.51. The van der Waals surface area contributed by atoms with E-state index in [-0.39, 0.29) is 24.6 Å². The van der Waals surface area contributed by atoms with Crippen LogP contribution in [0.2, 0.25) is 0 Å². The summed E-state index contributed by atoms with van der Waals surface area (Å²) in [6.07, 6.45) is 0.674. The average Bonchev–Trinajstić information content (AvgIpc) is 2.24. The summed E-state index contributed by atoms with van der Waals surface area (Å²) in [6, 6.07) is 3.55. The summed E-state index contributed by atoms with van der Waals surface area (Å²) in [7, 11) is 0. The first-order chi connectivity index (χ1) is 7.19. The summed E-state index contributed by atoms with van der Waals surface area (Å²) in [5.74, 6) is -1.78. The van der Waals surface area contributed by atoms with Gasteiger partial charge in [-0.3, -0.25) is 4.79 Å². The Hall–Kier alpha value is -1.49. The minimum atomic E-state index is -0.894. The van der Waals surface area contributed by atoms with Crippen molar-refractivity contribution in [1.82, 2.24) is 5.32 Å². The maximum Gasteiger partial charge on any atom is 0.207 e. The van der Waals surface area contributed by atoms with E-state index in [1.807, 2.05) is 0 Å². The fourth-order valence-corrected chi connectivity index (χ4v) is 1.28. The molecule has 3 N–H and O–H groups in total. The molecule has 0 aromatic heterocycles. The molecule has 0 radical (unpaired) electrons. The Kier molecular flexibility index (Phi) is 4.17. The minimum absolute atomic E-state index is 0.175. The van der Waals surface area contributed by atoms with Crippen LogP contribution in [-0.2, 0) is 11.2 Å². The van der Waals surface area contributed by atoms with Crippen molar-refractivity contribution in [2.75, 3.05) is 6.54 Å². The lowest BCUT2D eigenvalue weighted by Crippen LogP contribution is -2.37. The average molecular weight is 214 g/mol. The van der Waals surface area contributed by atoms with Gasteiger partial charge in [-0.2, -0.15) is 0 Å². The van der Waals surface area contributed by atoms with Crippen LogP contribution in [0.4, 0.5) is 8.78 Å². The van der Waals surface area contributed by atoms with Crippen molar-refractivity contribution in [3.05, 3.63) is 35.4 Å². The smallest absolute Gasteiger partial charge is 0.207 e. The number of benzene rings is 1. The summed E-state index contributed by atoms with van der Waals surface area (Å²) < 4.78 is 26.0. The van der Waals surface area contributed by atoms with Gasteiger partial charge in [0, 0.05) is 12.6 Å². The molecule has 1 aromatic carbocycles. The van der Waals surface area contributed by atoms with Crippen molar-refractivity contribution in [3.8, 4) is 0 Å². The second-order valence-corrected chi connectivity index (χ2v) is 3.13. The van der Waals surface area contributed by atoms with Gasteiger partial charge in [-0.25, -0.2) is 8.78 Å². The molecule has 15 heavy (non-hydrogen) atoms. The van der Waals surface area contributed by atoms with Gasteiger partial charge in [0.2, 0.25) is 6.41 Å². The maximum absolute atomic E-state index is 13.2. The van der Waals surface area contributed by atoms with Gasteiger partial charge < -0.3 is 11.1 Å². The van der Waals surface area contributed by atoms with Crippen molar-refractivity contribution < 1.29 is 13.6 Å². The van der Waals surface area contributed by atoms with E-state index in [0.717, 1.165) is 6.07 Å². The number of halogens is 2. The van der Waals surface area contributed by atoms with E-state index in [1.165, 1.54) is 12.1 Å². The number of carbonyl (C=O) groups excluding carboxylic acids is 1. The van der Waals surface area contributed by atoms with Crippen LogP contribution >= 0.6 is 0 Å². The lowest BCUT2D eigenvalue weighted by molar-refractivity contribution is -0.110. The van der Waals surface area contributed by atoms with E-state index in [9.17, 15) is 13.6 Å². The number of hydrogen-bond acceptors (Lipinski definition) is 2. The highest BCUT2D eigenvalue weighted by Crippen LogP contribution is 2.12. The quantitative estimate of drug-likeness (QED) is 0.704. The Balaban J connectivity index is 2.78. The van der Waals surface area contributed by atoms with Crippen LogP contribution in [0.1, 0.15) is 5.56 Å². The molecule has 0 spiro atoms. The lowest BCUT2D eigenvalue weighted by atomic mass is 10.1. The van der Waals surface area contributed by atoms with Gasteiger partial charge in [0.05, 0.1) is 0 Å². The highest BCUT2D eigenvalue weighted by Gasteiger charge is 2.12. The molecule has 0 bridgehead atoms. The van der Waals surface area contributed by atoms with Crippen molar-refractivity contribution in [2.24, 2.45) is 5.73 Å². The maximum atomic E-state index is 13.2. The normalized spacial score (nSPS) is 12.2. The molecule has 0 aliphatic rings. The second-order valence-electron chi connectivity index (χ2n) is 3.13. The molecule has 0 saturated carbocycles. The van der Waals surface area contributed by atoms with Gasteiger partial charge >= 0.3 is 0 Å². The number of nitrogens with one attached hydrogen (secondary N) is 1. The lowest BCUT2D eigenvalue weighted by Gasteiger charge is -2.13. The molecule has 5 heteroatoms.